The van der Waals surface area contributed by atoms with Gasteiger partial charge < -0.3 is 10.3 Å². The van der Waals surface area contributed by atoms with E-state index >= 15 is 0 Å². The largest absolute Gasteiger partial charge is 0.382 e. The lowest BCUT2D eigenvalue weighted by Crippen LogP contribution is -2.10. The Labute approximate surface area is 97.9 Å². The van der Waals surface area contributed by atoms with E-state index in [-0.39, 0.29) is 18.1 Å². The maximum atomic E-state index is 11.3. The average molecular weight is 253 g/mol. The zero-order chi connectivity index (χ0) is 12.5. The van der Waals surface area contributed by atoms with Crippen LogP contribution in [0.3, 0.4) is 0 Å². The molecule has 2 aromatic heterocycles. The van der Waals surface area contributed by atoms with Crippen LogP contribution in [-0.4, -0.2) is 33.7 Å². The molecular weight excluding hydrogens is 242 g/mol. The van der Waals surface area contributed by atoms with Gasteiger partial charge in [-0.05, 0) is 0 Å². The first-order valence-electron chi connectivity index (χ1n) is 4.80. The number of aryl methyl sites for hydroxylation is 1. The third-order valence-corrected chi connectivity index (χ3v) is 3.56. The molecule has 7 nitrogen and oxygen atoms in total. The van der Waals surface area contributed by atoms with Gasteiger partial charge in [-0.25, -0.2) is 23.4 Å². The molecule has 2 heterocycles. The quantitative estimate of drug-likeness (QED) is 0.820. The van der Waals surface area contributed by atoms with Crippen LogP contribution in [0.1, 0.15) is 0 Å². The van der Waals surface area contributed by atoms with Crippen LogP contribution in [0.5, 0.6) is 0 Å². The highest BCUT2D eigenvalue weighted by molar-refractivity contribution is 7.94. The van der Waals surface area contributed by atoms with E-state index in [2.05, 4.69) is 21.5 Å². The summed E-state index contributed by atoms with van der Waals surface area (Å²) >= 11 is 0. The van der Waals surface area contributed by atoms with Crippen LogP contribution in [0.4, 0.5) is 5.82 Å². The van der Waals surface area contributed by atoms with Crippen LogP contribution in [0.25, 0.3) is 11.2 Å². The summed E-state index contributed by atoms with van der Waals surface area (Å²) in [5.74, 6) is 0.228. The van der Waals surface area contributed by atoms with Gasteiger partial charge in [0.2, 0.25) is 0 Å². The second kappa shape index (κ2) is 4.13. The first-order chi connectivity index (χ1) is 8.03. The number of imidazole rings is 1. The molecule has 0 aliphatic rings. The van der Waals surface area contributed by atoms with Crippen LogP contribution >= 0.6 is 0 Å². The molecule has 8 heteroatoms. The van der Waals surface area contributed by atoms with E-state index in [4.69, 9.17) is 5.73 Å². The van der Waals surface area contributed by atoms with E-state index in [1.54, 1.807) is 4.57 Å². The van der Waals surface area contributed by atoms with E-state index in [1.165, 1.54) is 12.7 Å². The SMILES string of the molecule is C=CS(=O)(=O)CCn1cnc2c(N)ncnc21. The summed E-state index contributed by atoms with van der Waals surface area (Å²) in [5.41, 5.74) is 6.62. The minimum absolute atomic E-state index is 0.0497. The molecule has 0 amide bonds. The molecule has 0 unspecified atom stereocenters. The number of aromatic nitrogens is 4. The molecular formula is C9H11N5O2S. The number of nitrogens with two attached hydrogens (primary N) is 1. The molecule has 90 valence electrons. The Morgan fingerprint density at radius 2 is 2.18 bits per heavy atom. The van der Waals surface area contributed by atoms with Gasteiger partial charge in [0.15, 0.2) is 21.3 Å². The molecule has 0 atom stereocenters. The van der Waals surface area contributed by atoms with Crippen molar-refractivity contribution in [3.63, 3.8) is 0 Å². The summed E-state index contributed by atoms with van der Waals surface area (Å²) in [4.78, 5) is 11.9. The molecule has 0 aliphatic heterocycles. The zero-order valence-electron chi connectivity index (χ0n) is 8.94. The van der Waals surface area contributed by atoms with Crippen molar-refractivity contribution in [2.45, 2.75) is 6.54 Å². The fraction of sp³-hybridized carbons (Fsp3) is 0.222. The van der Waals surface area contributed by atoms with Crippen molar-refractivity contribution in [1.82, 2.24) is 19.5 Å². The Balaban J connectivity index is 2.32. The molecule has 0 aromatic carbocycles. The van der Waals surface area contributed by atoms with Gasteiger partial charge in [0, 0.05) is 12.0 Å². The van der Waals surface area contributed by atoms with Crippen LogP contribution in [0.15, 0.2) is 24.6 Å². The van der Waals surface area contributed by atoms with Crippen molar-refractivity contribution in [3.05, 3.63) is 24.6 Å². The summed E-state index contributed by atoms with van der Waals surface area (Å²) in [7, 11) is -3.23. The van der Waals surface area contributed by atoms with Gasteiger partial charge in [0.1, 0.15) is 11.8 Å². The predicted octanol–water partition coefficient (Wildman–Crippen LogP) is -0.0332. The number of nitrogens with zero attached hydrogens (tertiary/aromatic N) is 4. The number of hydrogen-bond donors (Lipinski definition) is 1. The third kappa shape index (κ3) is 2.26. The minimum atomic E-state index is -3.23. The number of fused-ring (bicyclic) bond motifs is 1. The topological polar surface area (TPSA) is 104 Å². The van der Waals surface area contributed by atoms with Gasteiger partial charge in [0.25, 0.3) is 0 Å². The first-order valence-corrected chi connectivity index (χ1v) is 6.51. The lowest BCUT2D eigenvalue weighted by Gasteiger charge is -2.02. The summed E-state index contributed by atoms with van der Waals surface area (Å²) in [6, 6.07) is 0. The monoisotopic (exact) mass is 253 g/mol. The smallest absolute Gasteiger partial charge is 0.172 e. The van der Waals surface area contributed by atoms with Crippen LogP contribution < -0.4 is 5.73 Å². The van der Waals surface area contributed by atoms with Gasteiger partial charge >= 0.3 is 0 Å². The van der Waals surface area contributed by atoms with E-state index in [0.717, 1.165) is 5.41 Å². The molecule has 2 rings (SSSR count). The molecule has 0 radical (unpaired) electrons. The number of anilines is 1. The molecule has 0 saturated carbocycles. The van der Waals surface area contributed by atoms with E-state index < -0.39 is 9.84 Å². The first kappa shape index (κ1) is 11.5. The third-order valence-electron chi connectivity index (χ3n) is 2.30. The lowest BCUT2D eigenvalue weighted by atomic mass is 10.5. The summed E-state index contributed by atoms with van der Waals surface area (Å²) in [6.07, 6.45) is 2.81. The number of nitrogen functional groups attached to an aromatic ring is 1. The fourth-order valence-corrected chi connectivity index (χ4v) is 1.99. The van der Waals surface area contributed by atoms with Crippen LogP contribution in [0, 0.1) is 0 Å². The standard InChI is InChI=1S/C9H11N5O2S/c1-2-17(15,16)4-3-14-6-13-7-8(10)11-5-12-9(7)14/h2,5-6H,1,3-4H2,(H2,10,11,12). The van der Waals surface area contributed by atoms with Crippen LogP contribution in [-0.2, 0) is 16.4 Å². The van der Waals surface area contributed by atoms with Gasteiger partial charge in [-0.1, -0.05) is 6.58 Å². The zero-order valence-corrected chi connectivity index (χ0v) is 9.76. The second-order valence-corrected chi connectivity index (χ2v) is 5.47. The molecule has 0 saturated heterocycles. The minimum Gasteiger partial charge on any atom is -0.382 e. The highest BCUT2D eigenvalue weighted by Gasteiger charge is 2.10. The van der Waals surface area contributed by atoms with Gasteiger partial charge in [-0.2, -0.15) is 0 Å². The predicted molar refractivity (Wildman–Crippen MR) is 63.7 cm³/mol. The van der Waals surface area contributed by atoms with Gasteiger partial charge in [0.05, 0.1) is 12.1 Å². The van der Waals surface area contributed by atoms with Gasteiger partial charge in [-0.15, -0.1) is 0 Å². The van der Waals surface area contributed by atoms with Crippen molar-refractivity contribution in [3.8, 4) is 0 Å². The van der Waals surface area contributed by atoms with Gasteiger partial charge in [-0.3, -0.25) is 0 Å². The Kier molecular flexibility index (Phi) is 2.80. The highest BCUT2D eigenvalue weighted by Crippen LogP contribution is 2.14. The average Bonchev–Trinajstić information content (AvgIpc) is 2.71. The highest BCUT2D eigenvalue weighted by atomic mass is 32.2. The Morgan fingerprint density at radius 3 is 2.88 bits per heavy atom. The molecule has 0 bridgehead atoms. The normalized spacial score (nSPS) is 11.8. The summed E-state index contributed by atoms with van der Waals surface area (Å²) in [5, 5.41) is 0.940. The van der Waals surface area contributed by atoms with Crippen molar-refractivity contribution in [2.75, 3.05) is 11.5 Å². The van der Waals surface area contributed by atoms with E-state index in [9.17, 15) is 8.42 Å². The summed E-state index contributed by atoms with van der Waals surface area (Å²) < 4.78 is 24.2. The number of hydrogen-bond acceptors (Lipinski definition) is 6. The molecule has 0 aliphatic carbocycles. The number of sulfone groups is 1. The van der Waals surface area contributed by atoms with Crippen molar-refractivity contribution in [2.24, 2.45) is 0 Å². The molecule has 0 fully saturated rings. The second-order valence-electron chi connectivity index (χ2n) is 3.40. The van der Waals surface area contributed by atoms with Crippen molar-refractivity contribution in [1.29, 1.82) is 0 Å². The van der Waals surface area contributed by atoms with Crippen molar-refractivity contribution >= 4 is 26.8 Å². The molecule has 2 aromatic rings. The van der Waals surface area contributed by atoms with E-state index in [0.29, 0.717) is 11.2 Å². The van der Waals surface area contributed by atoms with Crippen LogP contribution in [0.2, 0.25) is 0 Å². The lowest BCUT2D eigenvalue weighted by molar-refractivity contribution is 0.598. The Hall–Kier alpha value is -1.96. The fourth-order valence-electron chi connectivity index (χ4n) is 1.37. The van der Waals surface area contributed by atoms with Crippen molar-refractivity contribution < 1.29 is 8.42 Å². The molecule has 17 heavy (non-hydrogen) atoms. The number of rotatable bonds is 4. The molecule has 2 N–H and O–H groups in total. The maximum Gasteiger partial charge on any atom is 0.172 e. The maximum absolute atomic E-state index is 11.3. The summed E-state index contributed by atoms with van der Waals surface area (Å²) in [6.45, 7) is 3.50. The van der Waals surface area contributed by atoms with E-state index in [1.807, 2.05) is 0 Å². The Morgan fingerprint density at radius 1 is 1.41 bits per heavy atom. The molecule has 0 spiro atoms. The Bertz CT molecular complexity index is 661.